The monoisotopic (exact) mass is 299 g/mol. The molecule has 1 aromatic heterocycles. The van der Waals surface area contributed by atoms with Crippen molar-refractivity contribution in [3.63, 3.8) is 0 Å². The van der Waals surface area contributed by atoms with Gasteiger partial charge in [0.2, 0.25) is 0 Å². The molecule has 0 saturated carbocycles. The Morgan fingerprint density at radius 3 is 2.79 bits per heavy atom. The standard InChI is InChI=1S/C14H15Cl2NO2/c1-2-19-14(18)13-11(6-7-15)10-5-3-4-9(8-16)12(10)17-13/h3-5,17H,2,6-8H2,1H3. The maximum atomic E-state index is 12.0. The zero-order valence-electron chi connectivity index (χ0n) is 10.6. The zero-order chi connectivity index (χ0) is 13.8. The number of carbonyl (C=O) groups excluding carboxylic acids is 1. The number of para-hydroxylation sites is 1. The normalized spacial score (nSPS) is 10.9. The molecule has 0 atom stereocenters. The minimum absolute atomic E-state index is 0.344. The molecule has 0 amide bonds. The van der Waals surface area contributed by atoms with Crippen LogP contribution in [0.15, 0.2) is 18.2 Å². The van der Waals surface area contributed by atoms with Crippen LogP contribution in [0, 0.1) is 0 Å². The number of aromatic amines is 1. The van der Waals surface area contributed by atoms with Gasteiger partial charge in [0.15, 0.2) is 0 Å². The molecule has 1 aromatic carbocycles. The second kappa shape index (κ2) is 6.31. The molecule has 0 aliphatic heterocycles. The van der Waals surface area contributed by atoms with E-state index in [1.165, 1.54) is 0 Å². The van der Waals surface area contributed by atoms with Crippen molar-refractivity contribution in [3.8, 4) is 0 Å². The number of nitrogens with one attached hydrogen (secondary N) is 1. The highest BCUT2D eigenvalue weighted by molar-refractivity contribution is 6.18. The third kappa shape index (κ3) is 2.72. The molecule has 0 aliphatic carbocycles. The van der Waals surface area contributed by atoms with Crippen molar-refractivity contribution in [1.29, 1.82) is 0 Å². The molecule has 102 valence electrons. The molecule has 0 unspecified atom stereocenters. The first-order valence-corrected chi connectivity index (χ1v) is 7.21. The van der Waals surface area contributed by atoms with Crippen molar-refractivity contribution in [1.82, 2.24) is 4.98 Å². The number of H-pyrrole nitrogens is 1. The number of aromatic nitrogens is 1. The van der Waals surface area contributed by atoms with Crippen LogP contribution in [0.4, 0.5) is 0 Å². The van der Waals surface area contributed by atoms with Gasteiger partial charge in [-0.1, -0.05) is 18.2 Å². The minimum atomic E-state index is -0.348. The van der Waals surface area contributed by atoms with Gasteiger partial charge in [0.25, 0.3) is 0 Å². The first-order valence-electron chi connectivity index (χ1n) is 6.14. The number of ether oxygens (including phenoxy) is 1. The number of esters is 1. The largest absolute Gasteiger partial charge is 0.461 e. The average Bonchev–Trinajstić information content (AvgIpc) is 2.78. The number of rotatable bonds is 5. The molecule has 0 bridgehead atoms. The Balaban J connectivity index is 2.62. The van der Waals surface area contributed by atoms with Crippen LogP contribution in [0.25, 0.3) is 10.9 Å². The van der Waals surface area contributed by atoms with Crippen LogP contribution in [-0.4, -0.2) is 23.4 Å². The van der Waals surface area contributed by atoms with Gasteiger partial charge >= 0.3 is 5.97 Å². The van der Waals surface area contributed by atoms with E-state index in [-0.39, 0.29) is 5.97 Å². The number of benzene rings is 1. The van der Waals surface area contributed by atoms with Crippen molar-refractivity contribution >= 4 is 40.1 Å². The summed E-state index contributed by atoms with van der Waals surface area (Å²) in [5.74, 6) is 0.490. The smallest absolute Gasteiger partial charge is 0.355 e. The number of halogens is 2. The maximum Gasteiger partial charge on any atom is 0.355 e. The number of carbonyl (C=O) groups is 1. The second-order valence-electron chi connectivity index (χ2n) is 4.11. The van der Waals surface area contributed by atoms with Crippen LogP contribution < -0.4 is 0 Å². The molecular weight excluding hydrogens is 285 g/mol. The molecule has 0 aliphatic rings. The van der Waals surface area contributed by atoms with Gasteiger partial charge in [-0.25, -0.2) is 4.79 Å². The molecule has 0 fully saturated rings. The van der Waals surface area contributed by atoms with Crippen LogP contribution in [0.1, 0.15) is 28.5 Å². The number of alkyl halides is 2. The van der Waals surface area contributed by atoms with Gasteiger partial charge in [0.1, 0.15) is 5.69 Å². The van der Waals surface area contributed by atoms with E-state index in [1.54, 1.807) is 6.92 Å². The van der Waals surface area contributed by atoms with E-state index < -0.39 is 0 Å². The molecule has 3 nitrogen and oxygen atoms in total. The van der Waals surface area contributed by atoms with E-state index in [4.69, 9.17) is 27.9 Å². The van der Waals surface area contributed by atoms with E-state index in [2.05, 4.69) is 4.98 Å². The molecule has 19 heavy (non-hydrogen) atoms. The summed E-state index contributed by atoms with van der Waals surface area (Å²) in [6.07, 6.45) is 0.613. The third-order valence-corrected chi connectivity index (χ3v) is 3.47. The SMILES string of the molecule is CCOC(=O)c1[nH]c2c(CCl)cccc2c1CCCl. The van der Waals surface area contributed by atoms with Crippen LogP contribution in [-0.2, 0) is 17.0 Å². The van der Waals surface area contributed by atoms with Crippen molar-refractivity contribution in [2.45, 2.75) is 19.2 Å². The third-order valence-electron chi connectivity index (χ3n) is 3.00. The Morgan fingerprint density at radius 1 is 1.37 bits per heavy atom. The Morgan fingerprint density at radius 2 is 2.16 bits per heavy atom. The predicted molar refractivity (Wildman–Crippen MR) is 78.2 cm³/mol. The van der Waals surface area contributed by atoms with Crippen LogP contribution in [0.5, 0.6) is 0 Å². The van der Waals surface area contributed by atoms with Crippen molar-refractivity contribution in [2.75, 3.05) is 12.5 Å². The average molecular weight is 300 g/mol. The van der Waals surface area contributed by atoms with Gasteiger partial charge < -0.3 is 9.72 Å². The lowest BCUT2D eigenvalue weighted by Crippen LogP contribution is -2.08. The Bertz CT molecular complexity index is 592. The summed E-state index contributed by atoms with van der Waals surface area (Å²) in [7, 11) is 0. The van der Waals surface area contributed by atoms with Crippen LogP contribution in [0.2, 0.25) is 0 Å². The first kappa shape index (κ1) is 14.2. The van der Waals surface area contributed by atoms with Gasteiger partial charge in [-0.15, -0.1) is 23.2 Å². The van der Waals surface area contributed by atoms with Crippen molar-refractivity contribution in [3.05, 3.63) is 35.0 Å². The molecule has 1 heterocycles. The fourth-order valence-corrected chi connectivity index (χ4v) is 2.59. The maximum absolute atomic E-state index is 12.0. The lowest BCUT2D eigenvalue weighted by molar-refractivity contribution is 0.0519. The van der Waals surface area contributed by atoms with Gasteiger partial charge in [0.05, 0.1) is 12.1 Å². The second-order valence-corrected chi connectivity index (χ2v) is 4.76. The van der Waals surface area contributed by atoms with Crippen LogP contribution >= 0.6 is 23.2 Å². The Kier molecular flexibility index (Phi) is 4.72. The van der Waals surface area contributed by atoms with E-state index in [0.29, 0.717) is 30.5 Å². The summed E-state index contributed by atoms with van der Waals surface area (Å²) in [5.41, 5.74) is 3.23. The lowest BCUT2D eigenvalue weighted by atomic mass is 10.1. The van der Waals surface area contributed by atoms with E-state index in [9.17, 15) is 4.79 Å². The number of fused-ring (bicyclic) bond motifs is 1. The summed E-state index contributed by atoms with van der Waals surface area (Å²) < 4.78 is 5.07. The minimum Gasteiger partial charge on any atom is -0.461 e. The number of hydrogen-bond donors (Lipinski definition) is 1. The van der Waals surface area contributed by atoms with Gasteiger partial charge in [-0.2, -0.15) is 0 Å². The van der Waals surface area contributed by atoms with E-state index >= 15 is 0 Å². The highest BCUT2D eigenvalue weighted by atomic mass is 35.5. The summed E-state index contributed by atoms with van der Waals surface area (Å²) in [6, 6.07) is 5.83. The van der Waals surface area contributed by atoms with Crippen LogP contribution in [0.3, 0.4) is 0 Å². The zero-order valence-corrected chi connectivity index (χ0v) is 12.1. The summed E-state index contributed by atoms with van der Waals surface area (Å²) >= 11 is 11.8. The molecular formula is C14H15Cl2NO2. The van der Waals surface area contributed by atoms with Crippen molar-refractivity contribution in [2.24, 2.45) is 0 Å². The Hall–Kier alpha value is -1.19. The van der Waals surface area contributed by atoms with Gasteiger partial charge in [0, 0.05) is 17.1 Å². The van der Waals surface area contributed by atoms with Gasteiger partial charge in [-0.3, -0.25) is 0 Å². The molecule has 1 N–H and O–H groups in total. The number of hydrogen-bond acceptors (Lipinski definition) is 2. The first-order chi connectivity index (χ1) is 9.22. The predicted octanol–water partition coefficient (Wildman–Crippen LogP) is 3.86. The van der Waals surface area contributed by atoms with E-state index in [0.717, 1.165) is 22.0 Å². The molecule has 5 heteroatoms. The number of aryl methyl sites for hydroxylation is 1. The summed E-state index contributed by atoms with van der Waals surface area (Å²) in [4.78, 5) is 15.1. The molecule has 0 saturated heterocycles. The summed E-state index contributed by atoms with van der Waals surface area (Å²) in [5, 5.41) is 0.988. The summed E-state index contributed by atoms with van der Waals surface area (Å²) in [6.45, 7) is 2.13. The molecule has 2 rings (SSSR count). The molecule has 0 spiro atoms. The quantitative estimate of drug-likeness (QED) is 0.673. The highest BCUT2D eigenvalue weighted by Crippen LogP contribution is 2.27. The fraction of sp³-hybridized carbons (Fsp3) is 0.357. The highest BCUT2D eigenvalue weighted by Gasteiger charge is 2.19. The molecule has 2 aromatic rings. The van der Waals surface area contributed by atoms with Crippen molar-refractivity contribution < 1.29 is 9.53 Å². The fourth-order valence-electron chi connectivity index (χ4n) is 2.18. The Labute approximate surface area is 121 Å². The lowest BCUT2D eigenvalue weighted by Gasteiger charge is -2.02. The van der Waals surface area contributed by atoms with E-state index in [1.807, 2.05) is 18.2 Å². The topological polar surface area (TPSA) is 42.1 Å². The van der Waals surface area contributed by atoms with Gasteiger partial charge in [-0.05, 0) is 24.5 Å². The molecule has 0 radical (unpaired) electrons.